The summed E-state index contributed by atoms with van der Waals surface area (Å²) in [6, 6.07) is 8.26. The molecule has 0 N–H and O–H groups in total. The van der Waals surface area contributed by atoms with Gasteiger partial charge in [0.05, 0.1) is 19.3 Å². The van der Waals surface area contributed by atoms with Crippen molar-refractivity contribution < 1.29 is 32.7 Å². The van der Waals surface area contributed by atoms with E-state index in [9.17, 15) is 14.2 Å². The van der Waals surface area contributed by atoms with E-state index in [4.69, 9.17) is 18.5 Å². The average molecular weight is 427 g/mol. The molecule has 1 aliphatic rings. The Morgan fingerprint density at radius 2 is 1.66 bits per heavy atom. The van der Waals surface area contributed by atoms with Crippen molar-refractivity contribution >= 4 is 19.7 Å². The van der Waals surface area contributed by atoms with E-state index < -0.39 is 31.5 Å². The van der Waals surface area contributed by atoms with E-state index in [0.717, 1.165) is 5.56 Å². The van der Waals surface area contributed by atoms with Crippen molar-refractivity contribution in [1.82, 2.24) is 4.90 Å². The highest BCUT2D eigenvalue weighted by atomic mass is 31.2. The van der Waals surface area contributed by atoms with E-state index >= 15 is 0 Å². The molecule has 1 unspecified atom stereocenters. The number of benzene rings is 1. The molecule has 0 aliphatic carbocycles. The van der Waals surface area contributed by atoms with Gasteiger partial charge in [0.2, 0.25) is 0 Å². The number of esters is 1. The summed E-state index contributed by atoms with van der Waals surface area (Å²) >= 11 is 0. The number of hydrogen-bond donors (Lipinski definition) is 0. The molecule has 1 amide bonds. The quantitative estimate of drug-likeness (QED) is 0.450. The molecular formula is C20H30NO7P. The number of carbonyl (C=O) groups is 2. The molecule has 2 atom stereocenters. The van der Waals surface area contributed by atoms with Crippen LogP contribution in [-0.2, 0) is 34.5 Å². The van der Waals surface area contributed by atoms with Crippen LogP contribution in [0, 0.1) is 0 Å². The monoisotopic (exact) mass is 427 g/mol. The van der Waals surface area contributed by atoms with Crippen LogP contribution in [-0.4, -0.2) is 48.1 Å². The number of methoxy groups -OCH3 is 1. The Labute approximate surface area is 172 Å². The highest BCUT2D eigenvalue weighted by molar-refractivity contribution is 7.54. The molecule has 0 aromatic heterocycles. The first-order chi connectivity index (χ1) is 13.7. The number of hydrogen-bond acceptors (Lipinski definition) is 7. The summed E-state index contributed by atoms with van der Waals surface area (Å²) in [5.74, 6) is -1.52. The Bertz CT molecular complexity index is 724. The van der Waals surface area contributed by atoms with E-state index in [1.807, 2.05) is 30.3 Å². The van der Waals surface area contributed by atoms with Crippen LogP contribution in [0.1, 0.15) is 46.1 Å². The smallest absolute Gasteiger partial charge is 0.411 e. The summed E-state index contributed by atoms with van der Waals surface area (Å²) < 4.78 is 35.2. The van der Waals surface area contributed by atoms with Gasteiger partial charge in [0, 0.05) is 0 Å². The SMILES string of the molecule is COC(=O)[C@@H]1CCC(P(=O)(OC(C)C)OC(C)C)N1C(=O)OCc1ccccc1. The van der Waals surface area contributed by atoms with Crippen molar-refractivity contribution in [2.24, 2.45) is 0 Å². The van der Waals surface area contributed by atoms with Crippen molar-refractivity contribution in [3.63, 3.8) is 0 Å². The van der Waals surface area contributed by atoms with Crippen molar-refractivity contribution in [2.45, 2.75) is 71.2 Å². The van der Waals surface area contributed by atoms with Gasteiger partial charge in [-0.05, 0) is 46.1 Å². The molecule has 0 spiro atoms. The minimum Gasteiger partial charge on any atom is -0.467 e. The van der Waals surface area contributed by atoms with E-state index in [1.165, 1.54) is 12.0 Å². The molecule has 8 nitrogen and oxygen atoms in total. The van der Waals surface area contributed by atoms with Gasteiger partial charge >= 0.3 is 19.7 Å². The molecule has 162 valence electrons. The molecule has 0 saturated carbocycles. The third kappa shape index (κ3) is 6.04. The van der Waals surface area contributed by atoms with Crippen LogP contribution in [0.4, 0.5) is 4.79 Å². The maximum absolute atomic E-state index is 13.6. The fourth-order valence-corrected chi connectivity index (χ4v) is 5.80. The topological polar surface area (TPSA) is 91.4 Å². The van der Waals surface area contributed by atoms with Crippen molar-refractivity contribution in [2.75, 3.05) is 7.11 Å². The highest BCUT2D eigenvalue weighted by Crippen LogP contribution is 2.60. The van der Waals surface area contributed by atoms with E-state index in [2.05, 4.69) is 0 Å². The molecule has 1 aromatic carbocycles. The third-order valence-corrected chi connectivity index (χ3v) is 6.99. The molecular weight excluding hydrogens is 397 g/mol. The Kier molecular flexibility index (Phi) is 8.25. The molecule has 1 aliphatic heterocycles. The summed E-state index contributed by atoms with van der Waals surface area (Å²) in [6.45, 7) is 6.97. The minimum atomic E-state index is -3.76. The van der Waals surface area contributed by atoms with E-state index in [0.29, 0.717) is 0 Å². The van der Waals surface area contributed by atoms with Gasteiger partial charge in [-0.3, -0.25) is 9.46 Å². The highest BCUT2D eigenvalue weighted by Gasteiger charge is 2.53. The minimum absolute atomic E-state index is 0.0250. The number of likely N-dealkylation sites (tertiary alicyclic amines) is 1. The summed E-state index contributed by atoms with van der Waals surface area (Å²) in [4.78, 5) is 26.4. The summed E-state index contributed by atoms with van der Waals surface area (Å²) in [5.41, 5.74) is 0.797. The zero-order chi connectivity index (χ0) is 21.6. The molecule has 1 fully saturated rings. The van der Waals surface area contributed by atoms with Gasteiger partial charge < -0.3 is 18.5 Å². The Balaban J connectivity index is 2.29. The lowest BCUT2D eigenvalue weighted by Crippen LogP contribution is -2.46. The second-order valence-corrected chi connectivity index (χ2v) is 9.49. The average Bonchev–Trinajstić information content (AvgIpc) is 3.11. The van der Waals surface area contributed by atoms with Gasteiger partial charge in [0.25, 0.3) is 0 Å². The maximum Gasteiger partial charge on any atom is 0.411 e. The summed E-state index contributed by atoms with van der Waals surface area (Å²) in [5, 5.41) is 0. The fraction of sp³-hybridized carbons (Fsp3) is 0.600. The third-order valence-electron chi connectivity index (χ3n) is 4.32. The summed E-state index contributed by atoms with van der Waals surface area (Å²) in [6.07, 6.45) is -0.980. The lowest BCUT2D eigenvalue weighted by atomic mass is 10.2. The molecule has 1 heterocycles. The van der Waals surface area contributed by atoms with E-state index in [1.54, 1.807) is 27.7 Å². The van der Waals surface area contributed by atoms with Crippen molar-refractivity contribution in [3.8, 4) is 0 Å². The first-order valence-electron chi connectivity index (χ1n) is 9.71. The predicted octanol–water partition coefficient (Wildman–Crippen LogP) is 4.33. The first-order valence-corrected chi connectivity index (χ1v) is 11.3. The maximum atomic E-state index is 13.6. The lowest BCUT2D eigenvalue weighted by Gasteiger charge is -2.34. The lowest BCUT2D eigenvalue weighted by molar-refractivity contribution is -0.145. The van der Waals surface area contributed by atoms with Crippen LogP contribution < -0.4 is 0 Å². The van der Waals surface area contributed by atoms with Crippen LogP contribution in [0.25, 0.3) is 0 Å². The largest absolute Gasteiger partial charge is 0.467 e. The molecule has 2 rings (SSSR count). The Morgan fingerprint density at radius 3 is 2.17 bits per heavy atom. The molecule has 1 aromatic rings. The van der Waals surface area contributed by atoms with Gasteiger partial charge in [-0.1, -0.05) is 30.3 Å². The molecule has 0 bridgehead atoms. The molecule has 9 heteroatoms. The van der Waals surface area contributed by atoms with Crippen LogP contribution in [0.2, 0.25) is 0 Å². The predicted molar refractivity (Wildman–Crippen MR) is 107 cm³/mol. The van der Waals surface area contributed by atoms with Gasteiger partial charge in [0.15, 0.2) is 0 Å². The number of nitrogens with zero attached hydrogens (tertiary/aromatic N) is 1. The normalized spacial score (nSPS) is 19.6. The van der Waals surface area contributed by atoms with Crippen LogP contribution in [0.15, 0.2) is 30.3 Å². The standard InChI is InChI=1S/C20H30NO7P/c1-14(2)27-29(24,28-15(3)4)18-12-11-17(19(22)25-5)21(18)20(23)26-13-16-9-7-6-8-10-16/h6-10,14-15,17-18H,11-13H2,1-5H3/t17-,18?/m0/s1. The van der Waals surface area contributed by atoms with Crippen LogP contribution >= 0.6 is 7.60 Å². The van der Waals surface area contributed by atoms with Crippen LogP contribution in [0.5, 0.6) is 0 Å². The second-order valence-electron chi connectivity index (χ2n) is 7.39. The number of amides is 1. The van der Waals surface area contributed by atoms with Crippen molar-refractivity contribution in [1.29, 1.82) is 0 Å². The zero-order valence-corrected chi connectivity index (χ0v) is 18.5. The first kappa shape index (κ1) is 23.4. The van der Waals surface area contributed by atoms with Crippen LogP contribution in [0.3, 0.4) is 0 Å². The van der Waals surface area contributed by atoms with Crippen molar-refractivity contribution in [3.05, 3.63) is 35.9 Å². The zero-order valence-electron chi connectivity index (χ0n) is 17.6. The number of ether oxygens (including phenoxy) is 2. The van der Waals surface area contributed by atoms with E-state index in [-0.39, 0.29) is 31.7 Å². The molecule has 1 saturated heterocycles. The fourth-order valence-electron chi connectivity index (χ4n) is 3.27. The van der Waals surface area contributed by atoms with Gasteiger partial charge in [-0.2, -0.15) is 0 Å². The van der Waals surface area contributed by atoms with Gasteiger partial charge in [-0.15, -0.1) is 0 Å². The second kappa shape index (κ2) is 10.2. The van der Waals surface area contributed by atoms with Gasteiger partial charge in [-0.25, -0.2) is 9.59 Å². The molecule has 29 heavy (non-hydrogen) atoms. The summed E-state index contributed by atoms with van der Waals surface area (Å²) in [7, 11) is -2.51. The Hall–Kier alpha value is -1.89. The van der Waals surface area contributed by atoms with Gasteiger partial charge in [0.1, 0.15) is 18.4 Å². The number of rotatable bonds is 8. The Morgan fingerprint density at radius 1 is 1.07 bits per heavy atom. The molecule has 0 radical (unpaired) electrons. The number of carbonyl (C=O) groups excluding carboxylic acids is 2.